The lowest BCUT2D eigenvalue weighted by molar-refractivity contribution is 0.939. The third kappa shape index (κ3) is 3.01. The molecule has 0 aliphatic carbocycles. The fourth-order valence-electron chi connectivity index (χ4n) is 4.29. The number of nitriles is 1. The van der Waals surface area contributed by atoms with Crippen LogP contribution < -0.4 is 4.90 Å². The van der Waals surface area contributed by atoms with Crippen LogP contribution in [0.25, 0.3) is 33.5 Å². The minimum atomic E-state index is 0.639. The molecule has 2 aromatic carbocycles. The molecule has 30 heavy (non-hydrogen) atoms. The number of fused-ring (bicyclic) bond motifs is 1. The van der Waals surface area contributed by atoms with E-state index in [0.717, 1.165) is 65.2 Å². The standard InChI is InChI=1S/C24H20ClN5/c1-29-21-9-5-8-20(25)22(21)28-24(29)19-15-27-14-18(23(19)30-10-2-3-11-30)17-7-4-6-16(12-17)13-26/h4-9,12,14-15H,2-3,10-11H2,1H3. The van der Waals surface area contributed by atoms with Crippen molar-refractivity contribution in [2.75, 3.05) is 18.0 Å². The number of anilines is 1. The highest BCUT2D eigenvalue weighted by Crippen LogP contribution is 2.41. The quantitative estimate of drug-likeness (QED) is 0.449. The Balaban J connectivity index is 1.78. The first-order valence-electron chi connectivity index (χ1n) is 10.0. The zero-order chi connectivity index (χ0) is 20.7. The summed E-state index contributed by atoms with van der Waals surface area (Å²) in [5.41, 5.74) is 6.52. The molecule has 2 aromatic heterocycles. The first kappa shape index (κ1) is 18.7. The molecule has 3 heterocycles. The number of aromatic nitrogens is 3. The van der Waals surface area contributed by atoms with Crippen LogP contribution in [0.1, 0.15) is 18.4 Å². The van der Waals surface area contributed by atoms with Gasteiger partial charge in [0, 0.05) is 38.1 Å². The summed E-state index contributed by atoms with van der Waals surface area (Å²) in [5.74, 6) is 0.839. The topological polar surface area (TPSA) is 57.7 Å². The lowest BCUT2D eigenvalue weighted by Gasteiger charge is -2.24. The Hall–Kier alpha value is -3.36. The molecule has 0 atom stereocenters. The van der Waals surface area contributed by atoms with Crippen molar-refractivity contribution in [2.24, 2.45) is 7.05 Å². The van der Waals surface area contributed by atoms with Crippen LogP contribution in [0.5, 0.6) is 0 Å². The number of hydrogen-bond acceptors (Lipinski definition) is 4. The van der Waals surface area contributed by atoms with Crippen LogP contribution in [0.2, 0.25) is 5.02 Å². The van der Waals surface area contributed by atoms with E-state index in [0.29, 0.717) is 10.6 Å². The Labute approximate surface area is 180 Å². The normalized spacial score (nSPS) is 13.7. The van der Waals surface area contributed by atoms with E-state index in [-0.39, 0.29) is 0 Å². The third-order valence-electron chi connectivity index (χ3n) is 5.75. The molecule has 0 radical (unpaired) electrons. The lowest BCUT2D eigenvalue weighted by Crippen LogP contribution is -2.20. The number of imidazole rings is 1. The predicted molar refractivity (Wildman–Crippen MR) is 121 cm³/mol. The van der Waals surface area contributed by atoms with E-state index in [4.69, 9.17) is 16.6 Å². The number of pyridine rings is 1. The minimum absolute atomic E-state index is 0.639. The van der Waals surface area contributed by atoms with Crippen LogP contribution in [0.3, 0.4) is 0 Å². The molecule has 4 aromatic rings. The summed E-state index contributed by atoms with van der Waals surface area (Å²) in [6.07, 6.45) is 6.10. The number of halogens is 1. The van der Waals surface area contributed by atoms with Gasteiger partial charge in [-0.05, 0) is 42.7 Å². The number of para-hydroxylation sites is 1. The van der Waals surface area contributed by atoms with Gasteiger partial charge in [-0.2, -0.15) is 5.26 Å². The SMILES string of the molecule is Cn1c(-c2cncc(-c3cccc(C#N)c3)c2N2CCCC2)nc2c(Cl)cccc21. The molecule has 0 spiro atoms. The first-order valence-corrected chi connectivity index (χ1v) is 10.4. The van der Waals surface area contributed by atoms with Crippen LogP contribution in [-0.2, 0) is 7.05 Å². The molecule has 0 unspecified atom stereocenters. The van der Waals surface area contributed by atoms with Crippen molar-refractivity contribution in [1.29, 1.82) is 5.26 Å². The number of rotatable bonds is 3. The monoisotopic (exact) mass is 413 g/mol. The molecule has 5 nitrogen and oxygen atoms in total. The highest BCUT2D eigenvalue weighted by molar-refractivity contribution is 6.35. The summed E-state index contributed by atoms with van der Waals surface area (Å²) in [4.78, 5) is 11.9. The number of benzene rings is 2. The van der Waals surface area contributed by atoms with E-state index in [2.05, 4.69) is 20.5 Å². The van der Waals surface area contributed by atoms with Gasteiger partial charge in [-0.1, -0.05) is 29.8 Å². The van der Waals surface area contributed by atoms with Gasteiger partial charge in [0.15, 0.2) is 0 Å². The van der Waals surface area contributed by atoms with Crippen molar-refractivity contribution in [2.45, 2.75) is 12.8 Å². The second kappa shape index (κ2) is 7.47. The van der Waals surface area contributed by atoms with E-state index in [1.165, 1.54) is 0 Å². The molecule has 148 valence electrons. The van der Waals surface area contributed by atoms with Crippen LogP contribution in [-0.4, -0.2) is 27.6 Å². The maximum Gasteiger partial charge on any atom is 0.144 e. The number of hydrogen-bond donors (Lipinski definition) is 0. The van der Waals surface area contributed by atoms with E-state index in [9.17, 15) is 5.26 Å². The Kier molecular flexibility index (Phi) is 4.65. The highest BCUT2D eigenvalue weighted by Gasteiger charge is 2.24. The summed E-state index contributed by atoms with van der Waals surface area (Å²) in [7, 11) is 2.01. The molecule has 1 aliphatic rings. The molecular formula is C24H20ClN5. The van der Waals surface area contributed by atoms with Crippen molar-refractivity contribution < 1.29 is 0 Å². The average Bonchev–Trinajstić information content (AvgIpc) is 3.43. The maximum absolute atomic E-state index is 9.36. The third-order valence-corrected chi connectivity index (χ3v) is 6.05. The zero-order valence-corrected chi connectivity index (χ0v) is 17.4. The molecule has 0 saturated carbocycles. The van der Waals surface area contributed by atoms with Gasteiger partial charge in [-0.3, -0.25) is 4.98 Å². The predicted octanol–water partition coefficient (Wildman–Crippen LogP) is 5.43. The highest BCUT2D eigenvalue weighted by atomic mass is 35.5. The van der Waals surface area contributed by atoms with E-state index in [1.807, 2.05) is 61.9 Å². The van der Waals surface area contributed by atoms with Gasteiger partial charge in [-0.25, -0.2) is 4.98 Å². The second-order valence-electron chi connectivity index (χ2n) is 7.57. The largest absolute Gasteiger partial charge is 0.370 e. The van der Waals surface area contributed by atoms with Crippen molar-refractivity contribution in [3.63, 3.8) is 0 Å². The fraction of sp³-hybridized carbons (Fsp3) is 0.208. The van der Waals surface area contributed by atoms with Gasteiger partial charge in [0.1, 0.15) is 11.3 Å². The average molecular weight is 414 g/mol. The number of nitrogens with zero attached hydrogens (tertiary/aromatic N) is 5. The molecule has 1 saturated heterocycles. The summed E-state index contributed by atoms with van der Waals surface area (Å²) in [6, 6.07) is 15.8. The van der Waals surface area contributed by atoms with Gasteiger partial charge in [0.25, 0.3) is 0 Å². The van der Waals surface area contributed by atoms with Crippen LogP contribution in [0, 0.1) is 11.3 Å². The maximum atomic E-state index is 9.36. The van der Waals surface area contributed by atoms with Gasteiger partial charge >= 0.3 is 0 Å². The van der Waals surface area contributed by atoms with E-state index < -0.39 is 0 Å². The molecular weight excluding hydrogens is 394 g/mol. The number of aryl methyl sites for hydroxylation is 1. The molecule has 6 heteroatoms. The fourth-order valence-corrected chi connectivity index (χ4v) is 4.50. The van der Waals surface area contributed by atoms with Crippen molar-refractivity contribution in [3.05, 3.63) is 65.4 Å². The molecule has 5 rings (SSSR count). The summed E-state index contributed by atoms with van der Waals surface area (Å²) < 4.78 is 2.08. The zero-order valence-electron chi connectivity index (χ0n) is 16.6. The molecule has 0 bridgehead atoms. The Morgan fingerprint density at radius 3 is 2.57 bits per heavy atom. The molecule has 0 amide bonds. The van der Waals surface area contributed by atoms with Gasteiger partial charge in [-0.15, -0.1) is 0 Å². The van der Waals surface area contributed by atoms with Crippen LogP contribution in [0.15, 0.2) is 54.9 Å². The molecule has 1 fully saturated rings. The Morgan fingerprint density at radius 2 is 1.80 bits per heavy atom. The van der Waals surface area contributed by atoms with Gasteiger partial charge < -0.3 is 9.47 Å². The minimum Gasteiger partial charge on any atom is -0.370 e. The van der Waals surface area contributed by atoms with Crippen molar-refractivity contribution in [1.82, 2.24) is 14.5 Å². The summed E-state index contributed by atoms with van der Waals surface area (Å²) in [5, 5.41) is 10.0. The van der Waals surface area contributed by atoms with Crippen LogP contribution in [0.4, 0.5) is 5.69 Å². The Morgan fingerprint density at radius 1 is 1.03 bits per heavy atom. The molecule has 0 N–H and O–H groups in total. The summed E-state index contributed by atoms with van der Waals surface area (Å²) >= 11 is 6.42. The van der Waals surface area contributed by atoms with Crippen LogP contribution >= 0.6 is 11.6 Å². The van der Waals surface area contributed by atoms with E-state index >= 15 is 0 Å². The van der Waals surface area contributed by atoms with Crippen molar-refractivity contribution in [3.8, 4) is 28.6 Å². The van der Waals surface area contributed by atoms with E-state index in [1.54, 1.807) is 0 Å². The summed E-state index contributed by atoms with van der Waals surface area (Å²) in [6.45, 7) is 1.99. The van der Waals surface area contributed by atoms with Gasteiger partial charge in [0.2, 0.25) is 0 Å². The lowest BCUT2D eigenvalue weighted by atomic mass is 10.00. The smallest absolute Gasteiger partial charge is 0.144 e. The molecule has 1 aliphatic heterocycles. The first-order chi connectivity index (χ1) is 14.7. The van der Waals surface area contributed by atoms with Crippen molar-refractivity contribution >= 4 is 28.3 Å². The van der Waals surface area contributed by atoms with Gasteiger partial charge in [0.05, 0.1) is 33.4 Å². The Bertz CT molecular complexity index is 1290. The second-order valence-corrected chi connectivity index (χ2v) is 7.98.